The molecule has 22 heavy (non-hydrogen) atoms. The van der Waals surface area contributed by atoms with Crippen molar-refractivity contribution < 1.29 is 23.4 Å². The van der Waals surface area contributed by atoms with Gasteiger partial charge in [-0.15, -0.1) is 0 Å². The molecule has 2 rings (SSSR count). The molecule has 0 spiro atoms. The van der Waals surface area contributed by atoms with Crippen molar-refractivity contribution in [2.45, 2.75) is 12.7 Å². The van der Waals surface area contributed by atoms with Crippen molar-refractivity contribution in [1.82, 2.24) is 5.32 Å². The summed E-state index contributed by atoms with van der Waals surface area (Å²) < 4.78 is 28.2. The van der Waals surface area contributed by atoms with Crippen LogP contribution in [-0.4, -0.2) is 24.3 Å². The van der Waals surface area contributed by atoms with Crippen molar-refractivity contribution >= 4 is 23.1 Å². The van der Waals surface area contributed by atoms with Gasteiger partial charge in [-0.1, -0.05) is 0 Å². The number of aliphatic hydroxyl groups excluding tert-OH is 1. The Hall–Kier alpha value is -2.19. The van der Waals surface area contributed by atoms with Gasteiger partial charge in [-0.2, -0.15) is 20.1 Å². The molecule has 0 saturated carbocycles. The highest BCUT2D eigenvalue weighted by atomic mass is 32.1. The van der Waals surface area contributed by atoms with Gasteiger partial charge in [-0.3, -0.25) is 0 Å². The van der Waals surface area contributed by atoms with Crippen LogP contribution in [0.25, 0.3) is 0 Å². The molecular weight excluding hydrogens is 314 g/mol. The van der Waals surface area contributed by atoms with Gasteiger partial charge in [0.05, 0.1) is 6.10 Å². The second kappa shape index (κ2) is 7.71. The number of halogens is 2. The van der Waals surface area contributed by atoms with Gasteiger partial charge in [0, 0.05) is 12.2 Å². The second-order valence-corrected chi connectivity index (χ2v) is 5.09. The fraction of sp³-hybridized carbons (Fsp3) is 0.214. The van der Waals surface area contributed by atoms with Gasteiger partial charge in [0.25, 0.3) is 0 Å². The van der Waals surface area contributed by atoms with E-state index in [0.717, 1.165) is 5.56 Å². The predicted octanol–water partition coefficient (Wildman–Crippen LogP) is 3.20. The van der Waals surface area contributed by atoms with Crippen LogP contribution in [0.15, 0.2) is 41.1 Å². The number of anilines is 1. The summed E-state index contributed by atoms with van der Waals surface area (Å²) >= 11 is 1.46. The summed E-state index contributed by atoms with van der Waals surface area (Å²) in [6, 6.07) is 6.79. The summed E-state index contributed by atoms with van der Waals surface area (Å²) in [6.07, 6.45) is -0.779. The summed E-state index contributed by atoms with van der Waals surface area (Å²) in [5, 5.41) is 18.5. The number of hydrogen-bond donors (Lipinski definition) is 3. The first kappa shape index (κ1) is 16.2. The molecule has 5 nitrogen and oxygen atoms in total. The lowest BCUT2D eigenvalue weighted by Crippen LogP contribution is -2.32. The third-order valence-corrected chi connectivity index (χ3v) is 3.42. The van der Waals surface area contributed by atoms with Crippen LogP contribution in [0, 0.1) is 0 Å². The van der Waals surface area contributed by atoms with Gasteiger partial charge in [0.15, 0.2) is 0 Å². The minimum Gasteiger partial charge on any atom is -0.435 e. The van der Waals surface area contributed by atoms with Crippen LogP contribution < -0.4 is 15.4 Å². The number of amides is 2. The Balaban J connectivity index is 1.79. The summed E-state index contributed by atoms with van der Waals surface area (Å²) in [5.74, 6) is 0.00818. The fourth-order valence-electron chi connectivity index (χ4n) is 1.67. The van der Waals surface area contributed by atoms with Crippen molar-refractivity contribution in [2.24, 2.45) is 0 Å². The molecule has 1 aromatic carbocycles. The van der Waals surface area contributed by atoms with Gasteiger partial charge in [-0.05, 0) is 46.7 Å². The van der Waals surface area contributed by atoms with E-state index in [0.29, 0.717) is 5.69 Å². The van der Waals surface area contributed by atoms with Crippen molar-refractivity contribution in [3.8, 4) is 5.75 Å². The zero-order valence-corrected chi connectivity index (χ0v) is 12.1. The summed E-state index contributed by atoms with van der Waals surface area (Å²) in [5.41, 5.74) is 1.16. The SMILES string of the molecule is O=C(NCC(O)c1ccsc1)Nc1ccc(OC(F)F)cc1. The van der Waals surface area contributed by atoms with E-state index < -0.39 is 18.7 Å². The molecular formula is C14H14F2N2O3S. The van der Waals surface area contributed by atoms with Gasteiger partial charge < -0.3 is 20.5 Å². The average Bonchev–Trinajstić information content (AvgIpc) is 3.00. The lowest BCUT2D eigenvalue weighted by Gasteiger charge is -2.12. The van der Waals surface area contributed by atoms with Crippen molar-refractivity contribution in [2.75, 3.05) is 11.9 Å². The van der Waals surface area contributed by atoms with Crippen molar-refractivity contribution in [3.63, 3.8) is 0 Å². The number of hydrogen-bond acceptors (Lipinski definition) is 4. The number of carbonyl (C=O) groups excluding carboxylic acids is 1. The molecule has 0 radical (unpaired) electrons. The number of rotatable bonds is 6. The van der Waals surface area contributed by atoms with Crippen LogP contribution in [0.5, 0.6) is 5.75 Å². The molecule has 2 amide bonds. The Labute approximate surface area is 129 Å². The Kier molecular flexibility index (Phi) is 5.68. The van der Waals surface area contributed by atoms with Crippen LogP contribution in [-0.2, 0) is 0 Å². The third kappa shape index (κ3) is 4.97. The van der Waals surface area contributed by atoms with Crippen LogP contribution in [0.1, 0.15) is 11.7 Å². The molecule has 1 unspecified atom stereocenters. The summed E-state index contributed by atoms with van der Waals surface area (Å²) in [6.45, 7) is -2.82. The third-order valence-electron chi connectivity index (χ3n) is 2.72. The molecule has 0 aliphatic carbocycles. The van der Waals surface area contributed by atoms with Crippen LogP contribution in [0.4, 0.5) is 19.3 Å². The van der Waals surface area contributed by atoms with E-state index in [1.807, 2.05) is 5.38 Å². The lowest BCUT2D eigenvalue weighted by molar-refractivity contribution is -0.0498. The standard InChI is InChI=1S/C14H14F2N2O3S/c15-13(16)21-11-3-1-10(2-4-11)18-14(20)17-7-12(19)9-5-6-22-8-9/h1-6,8,12-13,19H,7H2,(H2,17,18,20). The lowest BCUT2D eigenvalue weighted by atomic mass is 10.2. The largest absolute Gasteiger partial charge is 0.435 e. The van der Waals surface area contributed by atoms with Gasteiger partial charge >= 0.3 is 12.6 Å². The maximum absolute atomic E-state index is 12.0. The Morgan fingerprint density at radius 3 is 2.59 bits per heavy atom. The first-order chi connectivity index (χ1) is 10.5. The maximum atomic E-state index is 12.0. The molecule has 0 aliphatic heterocycles. The van der Waals surface area contributed by atoms with Crippen molar-refractivity contribution in [3.05, 3.63) is 46.7 Å². The minimum absolute atomic E-state index is 0.00818. The monoisotopic (exact) mass is 328 g/mol. The second-order valence-electron chi connectivity index (χ2n) is 4.31. The molecule has 0 fully saturated rings. The number of urea groups is 1. The van der Waals surface area contributed by atoms with E-state index in [2.05, 4.69) is 15.4 Å². The first-order valence-electron chi connectivity index (χ1n) is 6.34. The predicted molar refractivity (Wildman–Crippen MR) is 79.4 cm³/mol. The molecule has 1 aromatic heterocycles. The molecule has 3 N–H and O–H groups in total. The average molecular weight is 328 g/mol. The summed E-state index contributed by atoms with van der Waals surface area (Å²) in [4.78, 5) is 11.7. The Morgan fingerprint density at radius 2 is 2.00 bits per heavy atom. The smallest absolute Gasteiger partial charge is 0.387 e. The number of alkyl halides is 2. The molecule has 8 heteroatoms. The maximum Gasteiger partial charge on any atom is 0.387 e. The molecule has 1 atom stereocenters. The molecule has 0 saturated heterocycles. The number of benzene rings is 1. The Morgan fingerprint density at radius 1 is 1.27 bits per heavy atom. The van der Waals surface area contributed by atoms with Crippen LogP contribution in [0.2, 0.25) is 0 Å². The normalized spacial score (nSPS) is 12.0. The number of ether oxygens (including phenoxy) is 1. The van der Waals surface area contributed by atoms with Gasteiger partial charge in [0.1, 0.15) is 5.75 Å². The van der Waals surface area contributed by atoms with E-state index >= 15 is 0 Å². The van der Waals surface area contributed by atoms with E-state index in [4.69, 9.17) is 0 Å². The Bertz CT molecular complexity index is 591. The van der Waals surface area contributed by atoms with Crippen molar-refractivity contribution in [1.29, 1.82) is 0 Å². The molecule has 1 heterocycles. The van der Waals surface area contributed by atoms with E-state index in [9.17, 15) is 18.7 Å². The van der Waals surface area contributed by atoms with E-state index in [-0.39, 0.29) is 12.3 Å². The fourth-order valence-corrected chi connectivity index (χ4v) is 2.37. The minimum atomic E-state index is -2.89. The number of thiophene rings is 1. The van der Waals surface area contributed by atoms with Crippen LogP contribution in [0.3, 0.4) is 0 Å². The highest BCUT2D eigenvalue weighted by Crippen LogP contribution is 2.18. The highest BCUT2D eigenvalue weighted by molar-refractivity contribution is 7.07. The molecule has 0 aliphatic rings. The van der Waals surface area contributed by atoms with Gasteiger partial charge in [-0.25, -0.2) is 4.79 Å². The van der Waals surface area contributed by atoms with E-state index in [1.54, 1.807) is 11.4 Å². The summed E-state index contributed by atoms with van der Waals surface area (Å²) in [7, 11) is 0. The topological polar surface area (TPSA) is 70.6 Å². The van der Waals surface area contributed by atoms with Gasteiger partial charge in [0.2, 0.25) is 0 Å². The molecule has 2 aromatic rings. The van der Waals surface area contributed by atoms with Crippen LogP contribution >= 0.6 is 11.3 Å². The zero-order valence-electron chi connectivity index (χ0n) is 11.3. The molecule has 118 valence electrons. The quantitative estimate of drug-likeness (QED) is 0.762. The van der Waals surface area contributed by atoms with E-state index in [1.165, 1.54) is 35.6 Å². The zero-order chi connectivity index (χ0) is 15.9. The number of carbonyl (C=O) groups is 1. The number of nitrogens with one attached hydrogen (secondary N) is 2. The first-order valence-corrected chi connectivity index (χ1v) is 7.29. The highest BCUT2D eigenvalue weighted by Gasteiger charge is 2.10. The molecule has 0 bridgehead atoms. The number of aliphatic hydroxyl groups is 1.